The molecule has 0 aromatic heterocycles. The third kappa shape index (κ3) is 0.924. The Kier molecular flexibility index (Phi) is 1.38. The van der Waals surface area contributed by atoms with E-state index >= 15 is 0 Å². The van der Waals surface area contributed by atoms with Crippen LogP contribution in [-0.4, -0.2) is 11.6 Å². The Morgan fingerprint density at radius 1 is 1.18 bits per heavy atom. The quantitative estimate of drug-likeness (QED) is 0.522. The highest BCUT2D eigenvalue weighted by atomic mass is 16.1. The predicted molar refractivity (Wildman–Crippen MR) is 40.0 cm³/mol. The van der Waals surface area contributed by atoms with Gasteiger partial charge in [0.05, 0.1) is 0 Å². The molecule has 2 rings (SSSR count). The number of hydrogen-bond donors (Lipinski definition) is 0. The molecular formula is C9H12O2. The van der Waals surface area contributed by atoms with Crippen molar-refractivity contribution in [3.63, 3.8) is 0 Å². The maximum Gasteiger partial charge on any atom is 0.136 e. The molecule has 60 valence electrons. The summed E-state index contributed by atoms with van der Waals surface area (Å²) >= 11 is 0. The van der Waals surface area contributed by atoms with Crippen molar-refractivity contribution in [2.75, 3.05) is 0 Å². The number of hydrogen-bond acceptors (Lipinski definition) is 2. The van der Waals surface area contributed by atoms with Crippen molar-refractivity contribution in [1.82, 2.24) is 0 Å². The van der Waals surface area contributed by atoms with Gasteiger partial charge < -0.3 is 0 Å². The van der Waals surface area contributed by atoms with Crippen LogP contribution in [0.3, 0.4) is 0 Å². The molecule has 0 spiro atoms. The van der Waals surface area contributed by atoms with Gasteiger partial charge in [-0.05, 0) is 12.3 Å². The SMILES string of the molecule is C[C@@H]1C(=O)C[C@H]2C[C@@H]1CC2=O. The normalized spacial score (nSPS) is 43.2. The molecule has 2 bridgehead atoms. The molecule has 11 heavy (non-hydrogen) atoms. The molecule has 0 unspecified atom stereocenters. The zero-order valence-corrected chi connectivity index (χ0v) is 6.67. The van der Waals surface area contributed by atoms with Crippen LogP contribution in [0.15, 0.2) is 0 Å². The van der Waals surface area contributed by atoms with Crippen LogP contribution in [0.5, 0.6) is 0 Å². The van der Waals surface area contributed by atoms with Gasteiger partial charge in [-0.25, -0.2) is 0 Å². The summed E-state index contributed by atoms with van der Waals surface area (Å²) in [4.78, 5) is 22.4. The molecule has 0 aromatic rings. The zero-order valence-electron chi connectivity index (χ0n) is 6.67. The summed E-state index contributed by atoms with van der Waals surface area (Å²) in [7, 11) is 0. The lowest BCUT2D eigenvalue weighted by molar-refractivity contribution is -0.128. The van der Waals surface area contributed by atoms with Gasteiger partial charge in [-0.3, -0.25) is 9.59 Å². The van der Waals surface area contributed by atoms with E-state index in [0.29, 0.717) is 30.3 Å². The van der Waals surface area contributed by atoms with Gasteiger partial charge in [0.25, 0.3) is 0 Å². The van der Waals surface area contributed by atoms with Gasteiger partial charge in [-0.1, -0.05) is 6.92 Å². The van der Waals surface area contributed by atoms with Gasteiger partial charge in [0.1, 0.15) is 11.6 Å². The first-order valence-corrected chi connectivity index (χ1v) is 4.24. The number of Topliss-reactive ketones (excluding diaryl/α,β-unsaturated/α-hetero) is 2. The standard InChI is InChI=1S/C9H12O2/c1-5-6-2-7(4-8(5)10)9(11)3-6/h5-7H,2-4H2,1H3/t5-,6+,7+/m0/s1. The number of ketones is 2. The van der Waals surface area contributed by atoms with Crippen molar-refractivity contribution in [3.8, 4) is 0 Å². The van der Waals surface area contributed by atoms with Gasteiger partial charge in [-0.15, -0.1) is 0 Å². The molecule has 2 aliphatic carbocycles. The first kappa shape index (κ1) is 7.01. The molecule has 0 aromatic carbocycles. The molecule has 2 nitrogen and oxygen atoms in total. The highest BCUT2D eigenvalue weighted by Crippen LogP contribution is 2.41. The molecule has 2 aliphatic rings. The van der Waals surface area contributed by atoms with Crippen LogP contribution in [0.1, 0.15) is 26.2 Å². The van der Waals surface area contributed by atoms with Gasteiger partial charge in [0.2, 0.25) is 0 Å². The summed E-state index contributed by atoms with van der Waals surface area (Å²) in [5.74, 6) is 1.26. The molecule has 0 amide bonds. The zero-order chi connectivity index (χ0) is 8.01. The minimum Gasteiger partial charge on any atom is -0.299 e. The van der Waals surface area contributed by atoms with Crippen LogP contribution < -0.4 is 0 Å². The molecule has 2 fully saturated rings. The van der Waals surface area contributed by atoms with E-state index < -0.39 is 0 Å². The second kappa shape index (κ2) is 2.16. The van der Waals surface area contributed by atoms with E-state index in [1.807, 2.05) is 6.92 Å². The van der Waals surface area contributed by atoms with Crippen molar-refractivity contribution in [1.29, 1.82) is 0 Å². The molecule has 0 aliphatic heterocycles. The third-order valence-electron chi connectivity index (χ3n) is 3.17. The Morgan fingerprint density at radius 2 is 1.91 bits per heavy atom. The van der Waals surface area contributed by atoms with Gasteiger partial charge in [0, 0.05) is 24.7 Å². The van der Waals surface area contributed by atoms with Crippen molar-refractivity contribution < 1.29 is 9.59 Å². The van der Waals surface area contributed by atoms with Crippen molar-refractivity contribution in [2.45, 2.75) is 26.2 Å². The lowest BCUT2D eigenvalue weighted by Gasteiger charge is -2.22. The monoisotopic (exact) mass is 152 g/mol. The van der Waals surface area contributed by atoms with Crippen LogP contribution in [0, 0.1) is 17.8 Å². The smallest absolute Gasteiger partial charge is 0.136 e. The number of carbonyl (C=O) groups is 2. The minimum absolute atomic E-state index is 0.101. The van der Waals surface area contributed by atoms with Crippen molar-refractivity contribution in [3.05, 3.63) is 0 Å². The van der Waals surface area contributed by atoms with Crippen LogP contribution in [0.4, 0.5) is 0 Å². The maximum absolute atomic E-state index is 11.2. The molecule has 0 N–H and O–H groups in total. The van der Waals surface area contributed by atoms with E-state index in [9.17, 15) is 9.59 Å². The Labute approximate surface area is 66.0 Å². The summed E-state index contributed by atoms with van der Waals surface area (Å²) in [5, 5.41) is 0. The van der Waals surface area contributed by atoms with Crippen molar-refractivity contribution >= 4 is 11.6 Å². The largest absolute Gasteiger partial charge is 0.299 e. The lowest BCUT2D eigenvalue weighted by atomic mass is 9.80. The molecule has 0 saturated heterocycles. The van der Waals surface area contributed by atoms with Gasteiger partial charge in [-0.2, -0.15) is 0 Å². The van der Waals surface area contributed by atoms with E-state index in [1.54, 1.807) is 0 Å². The minimum atomic E-state index is 0.101. The van der Waals surface area contributed by atoms with Gasteiger partial charge in [0.15, 0.2) is 0 Å². The highest BCUT2D eigenvalue weighted by Gasteiger charge is 2.43. The topological polar surface area (TPSA) is 34.1 Å². The average molecular weight is 152 g/mol. The Balaban J connectivity index is 2.25. The summed E-state index contributed by atoms with van der Waals surface area (Å²) < 4.78 is 0. The van der Waals surface area contributed by atoms with Crippen molar-refractivity contribution in [2.24, 2.45) is 17.8 Å². The first-order chi connectivity index (χ1) is 5.18. The first-order valence-electron chi connectivity index (χ1n) is 4.24. The van der Waals surface area contributed by atoms with E-state index in [-0.39, 0.29) is 11.8 Å². The molecule has 0 heterocycles. The summed E-state index contributed by atoms with van der Waals surface area (Å²) in [6, 6.07) is 0. The van der Waals surface area contributed by atoms with Gasteiger partial charge >= 0.3 is 0 Å². The number of fused-ring (bicyclic) bond motifs is 2. The molecule has 2 heteroatoms. The number of carbonyl (C=O) groups excluding carboxylic acids is 2. The third-order valence-corrected chi connectivity index (χ3v) is 3.17. The molecular weight excluding hydrogens is 140 g/mol. The summed E-state index contributed by atoms with van der Waals surface area (Å²) in [6.07, 6.45) is 2.17. The summed E-state index contributed by atoms with van der Waals surface area (Å²) in [6.45, 7) is 1.96. The fourth-order valence-corrected chi connectivity index (χ4v) is 2.28. The van der Waals surface area contributed by atoms with E-state index in [1.165, 1.54) is 0 Å². The molecule has 2 saturated carbocycles. The highest BCUT2D eigenvalue weighted by molar-refractivity contribution is 5.93. The van der Waals surface area contributed by atoms with E-state index in [4.69, 9.17) is 0 Å². The Bertz CT molecular complexity index is 220. The second-order valence-corrected chi connectivity index (χ2v) is 3.82. The summed E-state index contributed by atoms with van der Waals surface area (Å²) in [5.41, 5.74) is 0. The maximum atomic E-state index is 11.2. The van der Waals surface area contributed by atoms with Crippen LogP contribution >= 0.6 is 0 Å². The number of rotatable bonds is 0. The van der Waals surface area contributed by atoms with Crippen LogP contribution in [0.25, 0.3) is 0 Å². The van der Waals surface area contributed by atoms with Crippen LogP contribution in [-0.2, 0) is 9.59 Å². The molecule has 0 radical (unpaired) electrons. The predicted octanol–water partition coefficient (Wildman–Crippen LogP) is 1.19. The molecule has 3 atom stereocenters. The van der Waals surface area contributed by atoms with E-state index in [2.05, 4.69) is 0 Å². The Morgan fingerprint density at radius 3 is 2.64 bits per heavy atom. The van der Waals surface area contributed by atoms with E-state index in [0.717, 1.165) is 6.42 Å². The Hall–Kier alpha value is -0.660. The second-order valence-electron chi connectivity index (χ2n) is 3.82. The fourth-order valence-electron chi connectivity index (χ4n) is 2.28. The van der Waals surface area contributed by atoms with Crippen LogP contribution in [0.2, 0.25) is 0 Å². The average Bonchev–Trinajstić information content (AvgIpc) is 2.26. The lowest BCUT2D eigenvalue weighted by Crippen LogP contribution is -2.25. The fraction of sp³-hybridized carbons (Fsp3) is 0.778.